The summed E-state index contributed by atoms with van der Waals surface area (Å²) in [5, 5.41) is 13.8. The molecule has 4 heterocycles. The number of hydrogen-bond donors (Lipinski definition) is 3. The third-order valence-electron chi connectivity index (χ3n) is 4.29. The molecule has 1 amide bonds. The van der Waals surface area contributed by atoms with Gasteiger partial charge < -0.3 is 14.8 Å². The van der Waals surface area contributed by atoms with E-state index in [0.717, 1.165) is 34.4 Å². The van der Waals surface area contributed by atoms with Gasteiger partial charge in [0.25, 0.3) is 5.91 Å². The van der Waals surface area contributed by atoms with Gasteiger partial charge in [-0.2, -0.15) is 5.10 Å². The van der Waals surface area contributed by atoms with Gasteiger partial charge in [0.2, 0.25) is 0 Å². The number of carbonyl (C=O) groups excluding carboxylic acids is 1. The zero-order valence-corrected chi connectivity index (χ0v) is 15.3. The Kier molecular flexibility index (Phi) is 4.43. The number of rotatable bonds is 2. The fourth-order valence-corrected chi connectivity index (χ4v) is 3.96. The molecule has 2 aromatic heterocycles. The van der Waals surface area contributed by atoms with E-state index < -0.39 is 0 Å². The minimum atomic E-state index is -0.252. The van der Waals surface area contributed by atoms with Crippen molar-refractivity contribution in [2.45, 2.75) is 13.0 Å². The molecule has 3 N–H and O–H groups in total. The third kappa shape index (κ3) is 2.87. The number of benzene rings is 1. The normalized spacial score (nSPS) is 15.2. The monoisotopic (exact) mass is 393 g/mol. The van der Waals surface area contributed by atoms with Crippen LogP contribution in [0.4, 0.5) is 5.13 Å². The van der Waals surface area contributed by atoms with E-state index in [9.17, 15) is 4.79 Å². The lowest BCUT2D eigenvalue weighted by Gasteiger charge is -2.17. The van der Waals surface area contributed by atoms with Gasteiger partial charge in [-0.25, -0.2) is 4.98 Å². The van der Waals surface area contributed by atoms with Gasteiger partial charge in [0.1, 0.15) is 13.2 Å². The van der Waals surface area contributed by atoms with Crippen LogP contribution < -0.4 is 20.1 Å². The molecule has 2 aliphatic rings. The van der Waals surface area contributed by atoms with E-state index in [2.05, 4.69) is 25.8 Å². The Balaban J connectivity index is 0.00000168. The smallest absolute Gasteiger partial charge is 0.278 e. The molecule has 136 valence electrons. The Morgan fingerprint density at radius 1 is 1.23 bits per heavy atom. The maximum Gasteiger partial charge on any atom is 0.278 e. The van der Waals surface area contributed by atoms with Gasteiger partial charge in [-0.3, -0.25) is 15.2 Å². The van der Waals surface area contributed by atoms with E-state index in [1.165, 1.54) is 11.3 Å². The van der Waals surface area contributed by atoms with Crippen LogP contribution in [-0.2, 0) is 13.0 Å². The SMILES string of the molecule is Cl.O=C(Nc1nc2cc3c(cc2s1)OCCO3)c1n[nH]c2c1CNCC2. The van der Waals surface area contributed by atoms with Gasteiger partial charge in [0.05, 0.1) is 10.2 Å². The van der Waals surface area contributed by atoms with E-state index in [4.69, 9.17) is 9.47 Å². The van der Waals surface area contributed by atoms with E-state index in [1.807, 2.05) is 12.1 Å². The van der Waals surface area contributed by atoms with Gasteiger partial charge in [-0.15, -0.1) is 12.4 Å². The summed E-state index contributed by atoms with van der Waals surface area (Å²) in [6, 6.07) is 3.74. The van der Waals surface area contributed by atoms with Gasteiger partial charge in [0.15, 0.2) is 22.3 Å². The Morgan fingerprint density at radius 2 is 2.04 bits per heavy atom. The molecule has 0 spiro atoms. The van der Waals surface area contributed by atoms with Crippen LogP contribution >= 0.6 is 23.7 Å². The maximum atomic E-state index is 12.6. The molecule has 0 fully saturated rings. The minimum absolute atomic E-state index is 0. The van der Waals surface area contributed by atoms with Crippen LogP contribution in [0.5, 0.6) is 11.5 Å². The van der Waals surface area contributed by atoms with Crippen molar-refractivity contribution in [1.82, 2.24) is 20.5 Å². The average molecular weight is 394 g/mol. The predicted octanol–water partition coefficient (Wildman–Crippen LogP) is 2.11. The highest BCUT2D eigenvalue weighted by atomic mass is 35.5. The molecule has 1 aromatic carbocycles. The molecule has 0 unspecified atom stereocenters. The molecule has 8 nitrogen and oxygen atoms in total. The van der Waals surface area contributed by atoms with Crippen LogP contribution in [0, 0.1) is 0 Å². The number of H-pyrrole nitrogens is 1. The second-order valence-electron chi connectivity index (χ2n) is 5.89. The van der Waals surface area contributed by atoms with Crippen molar-refractivity contribution in [2.24, 2.45) is 0 Å². The summed E-state index contributed by atoms with van der Waals surface area (Å²) in [4.78, 5) is 17.1. The van der Waals surface area contributed by atoms with Crippen LogP contribution in [0.2, 0.25) is 0 Å². The van der Waals surface area contributed by atoms with Crippen LogP contribution in [0.3, 0.4) is 0 Å². The molecule has 26 heavy (non-hydrogen) atoms. The van der Waals surface area contributed by atoms with Gasteiger partial charge in [0, 0.05) is 42.9 Å². The predicted molar refractivity (Wildman–Crippen MR) is 99.8 cm³/mol. The van der Waals surface area contributed by atoms with Crippen LogP contribution in [0.1, 0.15) is 21.7 Å². The first kappa shape index (κ1) is 17.1. The van der Waals surface area contributed by atoms with Crippen molar-refractivity contribution >= 4 is 45.0 Å². The molecule has 0 aliphatic carbocycles. The number of fused-ring (bicyclic) bond motifs is 3. The molecule has 5 rings (SSSR count). The number of hydrogen-bond acceptors (Lipinski definition) is 7. The first-order valence-corrected chi connectivity index (χ1v) is 8.88. The zero-order valence-electron chi connectivity index (χ0n) is 13.6. The number of anilines is 1. The summed E-state index contributed by atoms with van der Waals surface area (Å²) in [5.74, 6) is 1.15. The van der Waals surface area contributed by atoms with E-state index in [-0.39, 0.29) is 18.3 Å². The fraction of sp³-hybridized carbons (Fsp3) is 0.312. The standard InChI is InChI=1S/C16H15N5O3S.ClH/c22-15(14-8-7-17-2-1-9(8)20-21-14)19-16-18-10-5-11-12(6-13(10)25-16)24-4-3-23-11;/h5-6,17H,1-4,7H2,(H,20,21)(H,18,19,22);1H. The van der Waals surface area contributed by atoms with Crippen molar-refractivity contribution in [3.8, 4) is 11.5 Å². The molecule has 3 aromatic rings. The largest absolute Gasteiger partial charge is 0.486 e. The van der Waals surface area contributed by atoms with Crippen LogP contribution in [0.15, 0.2) is 12.1 Å². The van der Waals surface area contributed by atoms with Crippen molar-refractivity contribution < 1.29 is 14.3 Å². The average Bonchev–Trinajstić information content (AvgIpc) is 3.22. The number of nitrogens with zero attached hydrogens (tertiary/aromatic N) is 2. The number of ether oxygens (including phenoxy) is 2. The van der Waals surface area contributed by atoms with Crippen molar-refractivity contribution in [3.05, 3.63) is 29.1 Å². The molecule has 0 bridgehead atoms. The highest BCUT2D eigenvalue weighted by Gasteiger charge is 2.23. The highest BCUT2D eigenvalue weighted by Crippen LogP contribution is 2.37. The fourth-order valence-electron chi connectivity index (χ4n) is 3.09. The number of aromatic nitrogens is 3. The summed E-state index contributed by atoms with van der Waals surface area (Å²) in [6.45, 7) is 2.61. The quantitative estimate of drug-likeness (QED) is 0.616. The first-order chi connectivity index (χ1) is 12.3. The summed E-state index contributed by atoms with van der Waals surface area (Å²) >= 11 is 1.40. The minimum Gasteiger partial charge on any atom is -0.486 e. The van der Waals surface area contributed by atoms with Crippen molar-refractivity contribution in [1.29, 1.82) is 0 Å². The van der Waals surface area contributed by atoms with Crippen LogP contribution in [0.25, 0.3) is 10.2 Å². The Labute approximate surface area is 158 Å². The summed E-state index contributed by atoms with van der Waals surface area (Å²) in [5.41, 5.74) is 3.15. The molecule has 0 saturated heterocycles. The number of nitrogens with one attached hydrogen (secondary N) is 3. The van der Waals surface area contributed by atoms with E-state index in [0.29, 0.717) is 42.1 Å². The second kappa shape index (κ2) is 6.75. The third-order valence-corrected chi connectivity index (χ3v) is 5.23. The lowest BCUT2D eigenvalue weighted by atomic mass is 10.1. The molecular formula is C16H16ClN5O3S. The molecule has 10 heteroatoms. The Morgan fingerprint density at radius 3 is 2.88 bits per heavy atom. The number of thiazole rings is 1. The summed E-state index contributed by atoms with van der Waals surface area (Å²) in [7, 11) is 0. The second-order valence-corrected chi connectivity index (χ2v) is 6.92. The molecule has 0 radical (unpaired) electrons. The zero-order chi connectivity index (χ0) is 16.8. The highest BCUT2D eigenvalue weighted by molar-refractivity contribution is 7.22. The van der Waals surface area contributed by atoms with Crippen molar-refractivity contribution in [3.63, 3.8) is 0 Å². The van der Waals surface area contributed by atoms with E-state index in [1.54, 1.807) is 0 Å². The number of amides is 1. The van der Waals surface area contributed by atoms with Gasteiger partial charge in [-0.05, 0) is 0 Å². The van der Waals surface area contributed by atoms with Crippen LogP contribution in [-0.4, -0.2) is 40.8 Å². The van der Waals surface area contributed by atoms with Gasteiger partial charge >= 0.3 is 0 Å². The van der Waals surface area contributed by atoms with E-state index >= 15 is 0 Å². The molecular weight excluding hydrogens is 378 g/mol. The lowest BCUT2D eigenvalue weighted by molar-refractivity contribution is 0.102. The number of aromatic amines is 1. The Hall–Kier alpha value is -2.36. The number of carbonyl (C=O) groups is 1. The summed E-state index contributed by atoms with van der Waals surface area (Å²) in [6.07, 6.45) is 0.850. The Bertz CT molecular complexity index is 943. The summed E-state index contributed by atoms with van der Waals surface area (Å²) < 4.78 is 12.1. The topological polar surface area (TPSA) is 101 Å². The van der Waals surface area contributed by atoms with Gasteiger partial charge in [-0.1, -0.05) is 11.3 Å². The first-order valence-electron chi connectivity index (χ1n) is 8.06. The maximum absolute atomic E-state index is 12.6. The lowest BCUT2D eigenvalue weighted by Crippen LogP contribution is -2.25. The number of halogens is 1. The molecule has 2 aliphatic heterocycles. The molecule has 0 saturated carbocycles. The molecule has 0 atom stereocenters. The van der Waals surface area contributed by atoms with Crippen molar-refractivity contribution in [2.75, 3.05) is 25.1 Å².